The molecule has 4 nitrogen and oxygen atoms in total. The number of para-hydroxylation sites is 4. The number of thioether (sulfide) groups is 1. The molecule has 0 unspecified atom stereocenters. The van der Waals surface area contributed by atoms with E-state index in [9.17, 15) is 0 Å². The Bertz CT molecular complexity index is 1270. The number of hydrogen-bond acceptors (Lipinski definition) is 5. The Balaban J connectivity index is 0.000000178. The van der Waals surface area contributed by atoms with Crippen LogP contribution in [0.3, 0.4) is 0 Å². The van der Waals surface area contributed by atoms with E-state index >= 15 is 0 Å². The molecule has 1 aliphatic rings. The number of nitrogens with one attached hydrogen (secondary N) is 2. The van der Waals surface area contributed by atoms with Crippen molar-refractivity contribution in [1.82, 2.24) is 15.0 Å². The molecule has 3 aromatic carbocycles. The molecule has 6 heteroatoms. The third-order valence-corrected chi connectivity index (χ3v) is 6.53. The third kappa shape index (κ3) is 4.15. The molecule has 0 saturated heterocycles. The van der Waals surface area contributed by atoms with E-state index in [0.717, 1.165) is 26.6 Å². The van der Waals surface area contributed by atoms with Crippen LogP contribution >= 0.6 is 23.1 Å². The lowest BCUT2D eigenvalue weighted by molar-refractivity contribution is 1.34. The van der Waals surface area contributed by atoms with Gasteiger partial charge in [0.15, 0.2) is 0 Å². The standard InChI is InChI=1S/C17H12N2S2.C7H6N2/c1-3-8-14-12(6-1)18-16(20-14)10-5-11-17-19-13-7-2-4-9-15(13)21-17;1-2-4-7-6(3-1)8-5-9-7/h1-11,18H;1-5H,(H,8,9). The van der Waals surface area contributed by atoms with Gasteiger partial charge in [-0.1, -0.05) is 54.2 Å². The summed E-state index contributed by atoms with van der Waals surface area (Å²) in [6.07, 6.45) is 7.91. The molecule has 0 spiro atoms. The normalized spacial score (nSPS) is 14.1. The number of benzene rings is 3. The monoisotopic (exact) mass is 426 g/mol. The molecule has 0 bridgehead atoms. The molecule has 0 aliphatic carbocycles. The van der Waals surface area contributed by atoms with Crippen LogP contribution in [0.5, 0.6) is 0 Å². The van der Waals surface area contributed by atoms with Crippen LogP contribution in [0, 0.1) is 0 Å². The molecule has 1 aliphatic heterocycles. The molecular formula is C24H18N4S2. The molecule has 0 atom stereocenters. The molecule has 3 heterocycles. The highest BCUT2D eigenvalue weighted by atomic mass is 32.2. The van der Waals surface area contributed by atoms with Gasteiger partial charge in [0.1, 0.15) is 5.01 Å². The average Bonchev–Trinajstić information content (AvgIpc) is 3.51. The SMILES string of the molecule is C(=Cc1nc2ccccc2s1)C=C1Nc2ccccc2S1.c1ccc2[nH]cnc2c1. The van der Waals surface area contributed by atoms with Gasteiger partial charge in [-0.05, 0) is 48.6 Å². The topological polar surface area (TPSA) is 53.6 Å². The fourth-order valence-corrected chi connectivity index (χ4v) is 4.87. The molecule has 0 radical (unpaired) electrons. The smallest absolute Gasteiger partial charge is 0.117 e. The van der Waals surface area contributed by atoms with Gasteiger partial charge in [0.25, 0.3) is 0 Å². The molecule has 0 fully saturated rings. The number of anilines is 1. The van der Waals surface area contributed by atoms with Crippen LogP contribution in [-0.4, -0.2) is 15.0 Å². The average molecular weight is 427 g/mol. The van der Waals surface area contributed by atoms with Crippen LogP contribution in [0.25, 0.3) is 27.3 Å². The lowest BCUT2D eigenvalue weighted by atomic mass is 10.3. The van der Waals surface area contributed by atoms with Gasteiger partial charge in [0.05, 0.1) is 38.3 Å². The van der Waals surface area contributed by atoms with Crippen molar-refractivity contribution in [2.75, 3.05) is 5.32 Å². The second-order valence-corrected chi connectivity index (χ2v) is 8.70. The van der Waals surface area contributed by atoms with E-state index < -0.39 is 0 Å². The van der Waals surface area contributed by atoms with E-state index in [1.165, 1.54) is 15.3 Å². The van der Waals surface area contributed by atoms with Crippen LogP contribution in [-0.2, 0) is 0 Å². The summed E-state index contributed by atoms with van der Waals surface area (Å²) in [7, 11) is 0. The van der Waals surface area contributed by atoms with Gasteiger partial charge in [-0.3, -0.25) is 0 Å². The Labute approximate surface area is 182 Å². The van der Waals surface area contributed by atoms with Crippen LogP contribution in [0.1, 0.15) is 5.01 Å². The van der Waals surface area contributed by atoms with E-state index in [1.54, 1.807) is 29.4 Å². The van der Waals surface area contributed by atoms with Gasteiger partial charge in [0.2, 0.25) is 0 Å². The summed E-state index contributed by atoms with van der Waals surface area (Å²) in [6.45, 7) is 0. The summed E-state index contributed by atoms with van der Waals surface area (Å²) >= 11 is 3.47. The Morgan fingerprint density at radius 3 is 2.50 bits per heavy atom. The van der Waals surface area contributed by atoms with Crippen molar-refractivity contribution in [1.29, 1.82) is 0 Å². The number of aromatic amines is 1. The summed E-state index contributed by atoms with van der Waals surface area (Å²) in [6, 6.07) is 24.5. The zero-order chi connectivity index (χ0) is 20.2. The Hall–Kier alpha value is -3.35. The first-order valence-corrected chi connectivity index (χ1v) is 11.1. The predicted molar refractivity (Wildman–Crippen MR) is 129 cm³/mol. The maximum absolute atomic E-state index is 4.59. The van der Waals surface area contributed by atoms with E-state index in [2.05, 4.69) is 62.8 Å². The molecule has 2 N–H and O–H groups in total. The van der Waals surface area contributed by atoms with E-state index in [0.29, 0.717) is 0 Å². The van der Waals surface area contributed by atoms with Gasteiger partial charge >= 0.3 is 0 Å². The minimum absolute atomic E-state index is 1.03. The number of fused-ring (bicyclic) bond motifs is 3. The van der Waals surface area contributed by atoms with Crippen molar-refractivity contribution in [2.45, 2.75) is 4.90 Å². The highest BCUT2D eigenvalue weighted by molar-refractivity contribution is 8.03. The molecule has 2 aromatic heterocycles. The summed E-state index contributed by atoms with van der Waals surface area (Å²) in [5.41, 5.74) is 4.37. The third-order valence-electron chi connectivity index (χ3n) is 4.49. The molecular weight excluding hydrogens is 408 g/mol. The summed E-state index contributed by atoms with van der Waals surface area (Å²) in [5, 5.41) is 5.59. The van der Waals surface area contributed by atoms with E-state index in [1.807, 2.05) is 48.5 Å². The zero-order valence-electron chi connectivity index (χ0n) is 15.9. The number of thiazole rings is 1. The van der Waals surface area contributed by atoms with Crippen molar-refractivity contribution < 1.29 is 0 Å². The second kappa shape index (κ2) is 8.57. The minimum Gasteiger partial charge on any atom is -0.349 e. The highest BCUT2D eigenvalue weighted by Gasteiger charge is 2.13. The van der Waals surface area contributed by atoms with Crippen LogP contribution < -0.4 is 5.32 Å². The second-order valence-electron chi connectivity index (χ2n) is 6.55. The van der Waals surface area contributed by atoms with Gasteiger partial charge < -0.3 is 10.3 Å². The van der Waals surface area contributed by atoms with Crippen molar-refractivity contribution in [3.63, 3.8) is 0 Å². The van der Waals surface area contributed by atoms with Gasteiger partial charge in [-0.2, -0.15) is 0 Å². The first-order chi connectivity index (χ1) is 14.8. The molecule has 5 aromatic rings. The summed E-state index contributed by atoms with van der Waals surface area (Å²) in [5.74, 6) is 0. The van der Waals surface area contributed by atoms with Gasteiger partial charge in [0, 0.05) is 4.90 Å². The van der Waals surface area contributed by atoms with Crippen molar-refractivity contribution in [2.24, 2.45) is 0 Å². The Morgan fingerprint density at radius 1 is 0.833 bits per heavy atom. The van der Waals surface area contributed by atoms with Crippen molar-refractivity contribution in [3.8, 4) is 0 Å². The van der Waals surface area contributed by atoms with Crippen LogP contribution in [0.15, 0.2) is 101 Å². The number of nitrogens with zero attached hydrogens (tertiary/aromatic N) is 2. The van der Waals surface area contributed by atoms with Crippen molar-refractivity contribution >= 4 is 56.1 Å². The highest BCUT2D eigenvalue weighted by Crippen LogP contribution is 2.40. The molecule has 0 amide bonds. The molecule has 6 rings (SSSR count). The van der Waals surface area contributed by atoms with Gasteiger partial charge in [-0.15, -0.1) is 11.3 Å². The fourth-order valence-electron chi connectivity index (χ4n) is 3.07. The lowest BCUT2D eigenvalue weighted by Gasteiger charge is -1.95. The first kappa shape index (κ1) is 18.7. The van der Waals surface area contributed by atoms with Crippen molar-refractivity contribution in [3.05, 3.63) is 101 Å². The maximum Gasteiger partial charge on any atom is 0.117 e. The molecule has 30 heavy (non-hydrogen) atoms. The lowest BCUT2D eigenvalue weighted by Crippen LogP contribution is -1.86. The number of H-pyrrole nitrogens is 1. The largest absolute Gasteiger partial charge is 0.349 e. The zero-order valence-corrected chi connectivity index (χ0v) is 17.6. The fraction of sp³-hybridized carbons (Fsp3) is 0. The number of allylic oxidation sites excluding steroid dienone is 2. The van der Waals surface area contributed by atoms with E-state index in [4.69, 9.17) is 0 Å². The number of aromatic nitrogens is 3. The van der Waals surface area contributed by atoms with Crippen LogP contribution in [0.2, 0.25) is 0 Å². The maximum atomic E-state index is 4.59. The van der Waals surface area contributed by atoms with Gasteiger partial charge in [-0.25, -0.2) is 9.97 Å². The minimum atomic E-state index is 1.03. The quantitative estimate of drug-likeness (QED) is 0.321. The molecule has 0 saturated carbocycles. The number of imidazole rings is 1. The first-order valence-electron chi connectivity index (χ1n) is 9.51. The summed E-state index contributed by atoms with van der Waals surface area (Å²) < 4.78 is 1.23. The predicted octanol–water partition coefficient (Wildman–Crippen LogP) is 6.93. The molecule has 146 valence electrons. The van der Waals surface area contributed by atoms with E-state index in [-0.39, 0.29) is 0 Å². The Kier molecular flexibility index (Phi) is 5.33. The van der Waals surface area contributed by atoms with Crippen LogP contribution in [0.4, 0.5) is 5.69 Å². The number of hydrogen-bond donors (Lipinski definition) is 2. The number of rotatable bonds is 2. The Morgan fingerprint density at radius 2 is 1.63 bits per heavy atom. The summed E-state index contributed by atoms with van der Waals surface area (Å²) in [4.78, 5) is 12.9.